The van der Waals surface area contributed by atoms with Crippen molar-refractivity contribution in [2.45, 2.75) is 45.3 Å². The van der Waals surface area contributed by atoms with Crippen LogP contribution in [0.15, 0.2) is 30.3 Å². The topological polar surface area (TPSA) is 81.2 Å². The third-order valence-electron chi connectivity index (χ3n) is 5.29. The van der Waals surface area contributed by atoms with Crippen LogP contribution in [0.2, 0.25) is 0 Å². The highest BCUT2D eigenvalue weighted by Crippen LogP contribution is 2.38. The van der Waals surface area contributed by atoms with Crippen molar-refractivity contribution in [3.63, 3.8) is 0 Å². The summed E-state index contributed by atoms with van der Waals surface area (Å²) < 4.78 is 20.6. The monoisotopic (exact) mass is 408 g/mol. The van der Waals surface area contributed by atoms with Gasteiger partial charge in [0.25, 0.3) is 0 Å². The van der Waals surface area contributed by atoms with Crippen LogP contribution in [0.25, 0.3) is 21.8 Å². The van der Waals surface area contributed by atoms with E-state index in [1.807, 2.05) is 49.9 Å². The number of aromatic amines is 1. The molecule has 0 radical (unpaired) electrons. The number of nitrogens with zero attached hydrogens (tertiary/aromatic N) is 2. The van der Waals surface area contributed by atoms with E-state index in [2.05, 4.69) is 16.4 Å². The Morgan fingerprint density at radius 1 is 1.37 bits per heavy atom. The predicted molar refractivity (Wildman–Crippen MR) is 115 cm³/mol. The van der Waals surface area contributed by atoms with Crippen LogP contribution in [0.4, 0.5) is 14.9 Å². The predicted octanol–water partition coefficient (Wildman–Crippen LogP) is 4.83. The quantitative estimate of drug-likeness (QED) is 0.637. The van der Waals surface area contributed by atoms with Crippen LogP contribution in [-0.2, 0) is 4.74 Å². The van der Waals surface area contributed by atoms with Gasteiger partial charge in [-0.1, -0.05) is 18.2 Å². The zero-order chi connectivity index (χ0) is 21.5. The number of alkyl carbamates (subject to hydrolysis) is 1. The van der Waals surface area contributed by atoms with Gasteiger partial charge in [0.15, 0.2) is 0 Å². The number of para-hydroxylation sites is 1. The zero-order valence-corrected chi connectivity index (χ0v) is 17.4. The molecule has 3 aromatic rings. The lowest BCUT2D eigenvalue weighted by Crippen LogP contribution is -2.49. The Morgan fingerprint density at radius 2 is 2.13 bits per heavy atom. The number of hydrogen-bond donors (Lipinski definition) is 2. The first kappa shape index (κ1) is 20.0. The number of carbonyl (C=O) groups excluding carboxylic acids is 1. The molecule has 2 aromatic carbocycles. The van der Waals surface area contributed by atoms with Crippen molar-refractivity contribution in [2.75, 3.05) is 18.0 Å². The number of amides is 1. The van der Waals surface area contributed by atoms with Crippen molar-refractivity contribution in [1.82, 2.24) is 10.3 Å². The summed E-state index contributed by atoms with van der Waals surface area (Å²) in [6.07, 6.45) is 1.14. The molecule has 0 bridgehead atoms. The first-order chi connectivity index (χ1) is 14.3. The summed E-state index contributed by atoms with van der Waals surface area (Å²) in [5.41, 5.74) is 1.67. The number of piperidine rings is 1. The highest BCUT2D eigenvalue weighted by atomic mass is 19.1. The van der Waals surface area contributed by atoms with Crippen LogP contribution in [0.3, 0.4) is 0 Å². The van der Waals surface area contributed by atoms with E-state index in [1.54, 1.807) is 0 Å². The van der Waals surface area contributed by atoms with Crippen LogP contribution in [0.5, 0.6) is 0 Å². The largest absolute Gasteiger partial charge is 0.444 e. The lowest BCUT2D eigenvalue weighted by atomic mass is 10.0. The molecule has 30 heavy (non-hydrogen) atoms. The summed E-state index contributed by atoms with van der Waals surface area (Å²) in [6, 6.07) is 10.9. The van der Waals surface area contributed by atoms with E-state index >= 15 is 4.39 Å². The molecule has 6 nitrogen and oxygen atoms in total. The third-order valence-corrected chi connectivity index (χ3v) is 5.29. The number of H-pyrrole nitrogens is 1. The van der Waals surface area contributed by atoms with E-state index in [0.29, 0.717) is 29.7 Å². The molecule has 1 atom stereocenters. The van der Waals surface area contributed by atoms with Crippen LogP contribution in [0, 0.1) is 17.1 Å². The fourth-order valence-electron chi connectivity index (χ4n) is 4.15. The van der Waals surface area contributed by atoms with Gasteiger partial charge in [-0.2, -0.15) is 5.26 Å². The lowest BCUT2D eigenvalue weighted by molar-refractivity contribution is 0.0500. The molecule has 1 aliphatic rings. The van der Waals surface area contributed by atoms with Crippen molar-refractivity contribution in [3.8, 4) is 6.07 Å². The molecule has 4 rings (SSSR count). The molecule has 0 unspecified atom stereocenters. The average molecular weight is 408 g/mol. The maximum absolute atomic E-state index is 15.3. The van der Waals surface area contributed by atoms with E-state index in [4.69, 9.17) is 4.74 Å². The molecule has 1 fully saturated rings. The Kier molecular flexibility index (Phi) is 5.02. The van der Waals surface area contributed by atoms with Crippen LogP contribution in [0.1, 0.15) is 39.2 Å². The van der Waals surface area contributed by atoms with Gasteiger partial charge in [-0.05, 0) is 45.7 Å². The molecule has 1 saturated heterocycles. The van der Waals surface area contributed by atoms with Crippen molar-refractivity contribution in [3.05, 3.63) is 41.7 Å². The molecule has 1 aliphatic heterocycles. The first-order valence-electron chi connectivity index (χ1n) is 10.1. The maximum atomic E-state index is 15.3. The summed E-state index contributed by atoms with van der Waals surface area (Å²) in [4.78, 5) is 17.4. The second kappa shape index (κ2) is 7.52. The summed E-state index contributed by atoms with van der Waals surface area (Å²) in [5, 5.41) is 14.0. The molecule has 0 saturated carbocycles. The normalized spacial score (nSPS) is 17.2. The molecular formula is C23H25FN4O2. The molecule has 1 amide bonds. The van der Waals surface area contributed by atoms with E-state index in [-0.39, 0.29) is 11.6 Å². The highest BCUT2D eigenvalue weighted by Gasteiger charge is 2.28. The van der Waals surface area contributed by atoms with Crippen LogP contribution >= 0.6 is 0 Å². The van der Waals surface area contributed by atoms with Gasteiger partial charge in [-0.15, -0.1) is 0 Å². The van der Waals surface area contributed by atoms with E-state index in [1.165, 1.54) is 6.07 Å². The standard InChI is InChI=1S/C23H25FN4O2/c1-23(2,3)30-22(29)26-15-7-6-10-28(13-15)21-17(24)11-14(12-25)20-19(21)16-8-4-5-9-18(16)27-20/h4-5,8-9,11,15,27H,6-7,10,13H2,1-3H3,(H,26,29)/t15-/m1/s1. The summed E-state index contributed by atoms with van der Waals surface area (Å²) >= 11 is 0. The number of rotatable bonds is 2. The number of hydrogen-bond acceptors (Lipinski definition) is 4. The molecule has 2 heterocycles. The van der Waals surface area contributed by atoms with Gasteiger partial charge in [0.05, 0.1) is 16.8 Å². The number of ether oxygens (including phenoxy) is 1. The van der Waals surface area contributed by atoms with Crippen molar-refractivity contribution < 1.29 is 13.9 Å². The molecule has 7 heteroatoms. The fourth-order valence-corrected chi connectivity index (χ4v) is 4.15. The number of fused-ring (bicyclic) bond motifs is 3. The van der Waals surface area contributed by atoms with Gasteiger partial charge < -0.3 is 19.9 Å². The van der Waals surface area contributed by atoms with E-state index in [9.17, 15) is 10.1 Å². The summed E-state index contributed by atoms with van der Waals surface area (Å²) in [5.74, 6) is -0.429. The number of benzene rings is 2. The summed E-state index contributed by atoms with van der Waals surface area (Å²) in [7, 11) is 0. The second-order valence-corrected chi connectivity index (χ2v) is 8.72. The minimum absolute atomic E-state index is 0.149. The minimum Gasteiger partial charge on any atom is -0.444 e. The van der Waals surface area contributed by atoms with Crippen LogP contribution < -0.4 is 10.2 Å². The minimum atomic E-state index is -0.576. The smallest absolute Gasteiger partial charge is 0.407 e. The number of aromatic nitrogens is 1. The lowest BCUT2D eigenvalue weighted by Gasteiger charge is -2.35. The van der Waals surface area contributed by atoms with Gasteiger partial charge in [-0.3, -0.25) is 0 Å². The SMILES string of the molecule is CC(C)(C)OC(=O)N[C@@H]1CCCN(c2c(F)cc(C#N)c3[nH]c4ccccc4c23)C1. The first-order valence-corrected chi connectivity index (χ1v) is 10.1. The fraction of sp³-hybridized carbons (Fsp3) is 0.391. The second-order valence-electron chi connectivity index (χ2n) is 8.72. The Bertz CT molecular complexity index is 1160. The van der Waals surface area contributed by atoms with Crippen molar-refractivity contribution in [2.24, 2.45) is 0 Å². The van der Waals surface area contributed by atoms with Crippen molar-refractivity contribution in [1.29, 1.82) is 5.26 Å². The van der Waals surface area contributed by atoms with Gasteiger partial charge in [0.1, 0.15) is 17.5 Å². The molecule has 1 aromatic heterocycles. The van der Waals surface area contributed by atoms with E-state index in [0.717, 1.165) is 23.7 Å². The maximum Gasteiger partial charge on any atom is 0.407 e. The Hall–Kier alpha value is -3.27. The Morgan fingerprint density at radius 3 is 2.87 bits per heavy atom. The zero-order valence-electron chi connectivity index (χ0n) is 17.4. The highest BCUT2D eigenvalue weighted by molar-refractivity contribution is 6.15. The number of halogens is 1. The average Bonchev–Trinajstić information content (AvgIpc) is 3.05. The van der Waals surface area contributed by atoms with Gasteiger partial charge in [0.2, 0.25) is 0 Å². The van der Waals surface area contributed by atoms with Gasteiger partial charge in [0, 0.05) is 35.4 Å². The number of nitrogens with one attached hydrogen (secondary N) is 2. The van der Waals surface area contributed by atoms with E-state index < -0.39 is 17.5 Å². The third kappa shape index (κ3) is 3.78. The number of nitriles is 1. The molecule has 0 spiro atoms. The van der Waals surface area contributed by atoms with Gasteiger partial charge >= 0.3 is 6.09 Å². The number of anilines is 1. The molecule has 2 N–H and O–H groups in total. The summed E-state index contributed by atoms with van der Waals surface area (Å²) in [6.45, 7) is 6.60. The van der Waals surface area contributed by atoms with Crippen molar-refractivity contribution >= 4 is 33.6 Å². The van der Waals surface area contributed by atoms with Crippen LogP contribution in [-0.4, -0.2) is 35.8 Å². The Labute approximate surface area is 174 Å². The Balaban J connectivity index is 1.71. The molecule has 156 valence electrons. The molecule has 0 aliphatic carbocycles. The number of carbonyl (C=O) groups is 1. The molecular weight excluding hydrogens is 383 g/mol. The van der Waals surface area contributed by atoms with Gasteiger partial charge in [-0.25, -0.2) is 9.18 Å².